The van der Waals surface area contributed by atoms with Crippen LogP contribution in [0.5, 0.6) is 0 Å². The first-order valence-corrected chi connectivity index (χ1v) is 6.78. The Morgan fingerprint density at radius 3 is 2.61 bits per heavy atom. The molecule has 0 amide bonds. The van der Waals surface area contributed by atoms with Crippen LogP contribution in [0.15, 0.2) is 23.1 Å². The predicted octanol–water partition coefficient (Wildman–Crippen LogP) is 1.74. The number of halogens is 3. The number of benzene rings is 1. The fraction of sp³-hybridized carbons (Fsp3) is 0.400. The van der Waals surface area contributed by atoms with Crippen LogP contribution in [-0.4, -0.2) is 39.9 Å². The molecule has 18 heavy (non-hydrogen) atoms. The smallest absolute Gasteiger partial charge is 0.245 e. The van der Waals surface area contributed by atoms with Gasteiger partial charge < -0.3 is 5.32 Å². The maximum absolute atomic E-state index is 13.6. The van der Waals surface area contributed by atoms with E-state index < -0.39 is 20.7 Å². The Kier molecular flexibility index (Phi) is 7.09. The molecule has 1 aromatic rings. The number of hydrogen-bond acceptors (Lipinski definition) is 3. The van der Waals surface area contributed by atoms with Crippen molar-refractivity contribution in [2.24, 2.45) is 0 Å². The number of rotatable bonds is 5. The third kappa shape index (κ3) is 3.80. The van der Waals surface area contributed by atoms with Crippen LogP contribution in [0.3, 0.4) is 0 Å². The van der Waals surface area contributed by atoms with Crippen LogP contribution in [0.4, 0.5) is 4.39 Å². The highest BCUT2D eigenvalue weighted by atomic mass is 35.5. The molecule has 0 aliphatic heterocycles. The van der Waals surface area contributed by atoms with Gasteiger partial charge in [-0.15, -0.1) is 12.4 Å². The lowest BCUT2D eigenvalue weighted by molar-refractivity contribution is 0.459. The molecule has 0 saturated carbocycles. The second kappa shape index (κ2) is 7.25. The Bertz CT molecular complexity index is 497. The van der Waals surface area contributed by atoms with E-state index in [1.54, 1.807) is 7.05 Å². The summed E-state index contributed by atoms with van der Waals surface area (Å²) < 4.78 is 38.7. The highest BCUT2D eigenvalue weighted by molar-refractivity contribution is 7.89. The summed E-state index contributed by atoms with van der Waals surface area (Å²) in [6.07, 6.45) is 0. The third-order valence-corrected chi connectivity index (χ3v) is 4.45. The molecule has 0 atom stereocenters. The number of likely N-dealkylation sites (N-methyl/N-ethyl adjacent to an activating group) is 2. The standard InChI is InChI=1S/C10H14ClFN2O2S.ClH/c1-13-6-7-14(2)17(15,16)9-5-3-4-8(11)10(9)12;/h3-5,13H,6-7H2,1-2H3;1H. The van der Waals surface area contributed by atoms with E-state index in [0.29, 0.717) is 6.54 Å². The molecule has 0 spiro atoms. The summed E-state index contributed by atoms with van der Waals surface area (Å²) in [5.74, 6) is -0.912. The molecule has 0 heterocycles. The maximum Gasteiger partial charge on any atom is 0.245 e. The van der Waals surface area contributed by atoms with Crippen molar-refractivity contribution in [3.8, 4) is 0 Å². The minimum Gasteiger partial charge on any atom is -0.318 e. The summed E-state index contributed by atoms with van der Waals surface area (Å²) in [6, 6.07) is 3.92. The number of nitrogens with zero attached hydrogens (tertiary/aromatic N) is 1. The summed E-state index contributed by atoms with van der Waals surface area (Å²) in [5.41, 5.74) is 0. The van der Waals surface area contributed by atoms with E-state index in [-0.39, 0.29) is 24.0 Å². The molecule has 0 fully saturated rings. The van der Waals surface area contributed by atoms with Crippen molar-refractivity contribution in [1.82, 2.24) is 9.62 Å². The zero-order valence-corrected chi connectivity index (χ0v) is 12.4. The Labute approximate surface area is 118 Å². The average molecular weight is 317 g/mol. The SMILES string of the molecule is CNCCN(C)S(=O)(=O)c1cccc(Cl)c1F.Cl. The van der Waals surface area contributed by atoms with Gasteiger partial charge in [0.1, 0.15) is 4.90 Å². The van der Waals surface area contributed by atoms with E-state index >= 15 is 0 Å². The van der Waals surface area contributed by atoms with Gasteiger partial charge in [0.2, 0.25) is 10.0 Å². The minimum absolute atomic E-state index is 0. The Balaban J connectivity index is 0.00000289. The van der Waals surface area contributed by atoms with Gasteiger partial charge in [-0.1, -0.05) is 17.7 Å². The fourth-order valence-electron chi connectivity index (χ4n) is 1.24. The minimum atomic E-state index is -3.83. The zero-order valence-electron chi connectivity index (χ0n) is 9.98. The number of hydrogen-bond donors (Lipinski definition) is 1. The highest BCUT2D eigenvalue weighted by Crippen LogP contribution is 2.23. The summed E-state index contributed by atoms with van der Waals surface area (Å²) >= 11 is 5.56. The number of sulfonamides is 1. The molecule has 1 aromatic carbocycles. The van der Waals surface area contributed by atoms with Gasteiger partial charge in [0, 0.05) is 20.1 Å². The van der Waals surface area contributed by atoms with Crippen LogP contribution in [0, 0.1) is 5.82 Å². The zero-order chi connectivity index (χ0) is 13.1. The van der Waals surface area contributed by atoms with Crippen molar-refractivity contribution >= 4 is 34.0 Å². The van der Waals surface area contributed by atoms with Gasteiger partial charge >= 0.3 is 0 Å². The Hall–Kier alpha value is -0.400. The second-order valence-corrected chi connectivity index (χ2v) is 5.90. The molecule has 1 rings (SSSR count). The molecule has 0 saturated heterocycles. The Morgan fingerprint density at radius 2 is 2.06 bits per heavy atom. The van der Waals surface area contributed by atoms with Crippen LogP contribution < -0.4 is 5.32 Å². The molecule has 0 unspecified atom stereocenters. The molecule has 0 aliphatic rings. The molecule has 0 aliphatic carbocycles. The lowest BCUT2D eigenvalue weighted by Gasteiger charge is -2.17. The molecular weight excluding hydrogens is 302 g/mol. The van der Waals surface area contributed by atoms with Gasteiger partial charge in [-0.25, -0.2) is 12.8 Å². The van der Waals surface area contributed by atoms with Crippen molar-refractivity contribution in [3.63, 3.8) is 0 Å². The van der Waals surface area contributed by atoms with Gasteiger partial charge in [0.15, 0.2) is 5.82 Å². The van der Waals surface area contributed by atoms with Gasteiger partial charge in [-0.2, -0.15) is 4.31 Å². The average Bonchev–Trinajstić information content (AvgIpc) is 2.29. The molecule has 0 aromatic heterocycles. The normalized spacial score (nSPS) is 11.4. The maximum atomic E-state index is 13.6. The topological polar surface area (TPSA) is 49.4 Å². The van der Waals surface area contributed by atoms with E-state index in [1.807, 2.05) is 0 Å². The molecule has 104 valence electrons. The van der Waals surface area contributed by atoms with Crippen LogP contribution in [0.25, 0.3) is 0 Å². The Morgan fingerprint density at radius 1 is 1.44 bits per heavy atom. The molecule has 1 N–H and O–H groups in total. The van der Waals surface area contributed by atoms with Gasteiger partial charge in [0.05, 0.1) is 5.02 Å². The quantitative estimate of drug-likeness (QED) is 0.900. The van der Waals surface area contributed by atoms with Crippen molar-refractivity contribution in [2.75, 3.05) is 27.2 Å². The summed E-state index contributed by atoms with van der Waals surface area (Å²) in [5, 5.41) is 2.62. The van der Waals surface area contributed by atoms with Crippen LogP contribution in [0.1, 0.15) is 0 Å². The van der Waals surface area contributed by atoms with E-state index in [0.717, 1.165) is 4.31 Å². The molecule has 0 radical (unpaired) electrons. The van der Waals surface area contributed by atoms with E-state index in [9.17, 15) is 12.8 Å². The molecule has 8 heteroatoms. The highest BCUT2D eigenvalue weighted by Gasteiger charge is 2.24. The van der Waals surface area contributed by atoms with E-state index in [1.165, 1.54) is 25.2 Å². The van der Waals surface area contributed by atoms with Gasteiger partial charge in [-0.3, -0.25) is 0 Å². The molecule has 4 nitrogen and oxygen atoms in total. The first-order chi connectivity index (χ1) is 7.91. The van der Waals surface area contributed by atoms with Crippen LogP contribution in [-0.2, 0) is 10.0 Å². The molecular formula is C10H15Cl2FN2O2S. The third-order valence-electron chi connectivity index (χ3n) is 2.28. The predicted molar refractivity (Wildman–Crippen MR) is 72.4 cm³/mol. The fourth-order valence-corrected chi connectivity index (χ4v) is 2.73. The van der Waals surface area contributed by atoms with Crippen molar-refractivity contribution in [1.29, 1.82) is 0 Å². The van der Waals surface area contributed by atoms with Gasteiger partial charge in [0.25, 0.3) is 0 Å². The first kappa shape index (κ1) is 17.6. The van der Waals surface area contributed by atoms with Crippen LogP contribution in [0.2, 0.25) is 5.02 Å². The van der Waals surface area contributed by atoms with Crippen molar-refractivity contribution in [3.05, 3.63) is 29.0 Å². The second-order valence-electron chi connectivity index (χ2n) is 3.48. The summed E-state index contributed by atoms with van der Waals surface area (Å²) in [4.78, 5) is -0.399. The summed E-state index contributed by atoms with van der Waals surface area (Å²) in [6.45, 7) is 0.739. The lowest BCUT2D eigenvalue weighted by atomic mass is 10.3. The monoisotopic (exact) mass is 316 g/mol. The first-order valence-electron chi connectivity index (χ1n) is 4.96. The van der Waals surface area contributed by atoms with Crippen LogP contribution >= 0.6 is 24.0 Å². The largest absolute Gasteiger partial charge is 0.318 e. The lowest BCUT2D eigenvalue weighted by Crippen LogP contribution is -2.33. The number of nitrogens with one attached hydrogen (secondary N) is 1. The molecule has 0 bridgehead atoms. The van der Waals surface area contributed by atoms with Crippen molar-refractivity contribution in [2.45, 2.75) is 4.90 Å². The van der Waals surface area contributed by atoms with E-state index in [2.05, 4.69) is 5.32 Å². The summed E-state index contributed by atoms with van der Waals surface area (Å²) in [7, 11) is -0.726. The van der Waals surface area contributed by atoms with Crippen molar-refractivity contribution < 1.29 is 12.8 Å². The van der Waals surface area contributed by atoms with E-state index in [4.69, 9.17) is 11.6 Å². The van der Waals surface area contributed by atoms with Gasteiger partial charge in [-0.05, 0) is 19.2 Å².